The molecule has 0 aromatic carbocycles. The van der Waals surface area contributed by atoms with E-state index in [2.05, 4.69) is 15.9 Å². The van der Waals surface area contributed by atoms with Crippen molar-refractivity contribution in [2.75, 3.05) is 19.8 Å². The highest BCUT2D eigenvalue weighted by Gasteiger charge is 2.07. The Hall–Kier alpha value is 0.400. The van der Waals surface area contributed by atoms with E-state index in [1.165, 1.54) is 0 Å². The zero-order chi connectivity index (χ0) is 5.11. The maximum atomic E-state index is 5.07. The molecule has 7 heavy (non-hydrogen) atoms. The first-order valence-electron chi connectivity index (χ1n) is 2.23. The average Bonchev–Trinajstić information content (AvgIpc) is 1.69. The van der Waals surface area contributed by atoms with Crippen molar-refractivity contribution in [3.05, 3.63) is 0 Å². The van der Waals surface area contributed by atoms with E-state index in [0.29, 0.717) is 6.61 Å². The summed E-state index contributed by atoms with van der Waals surface area (Å²) in [6.45, 7) is 2.14. The standard InChI is InChI=1S/C4H7BrO2/c5-4-3-6-1-2-7-4/h4H,1-3H2/t4-/m0/s1. The predicted octanol–water partition coefficient (Wildman–Crippen LogP) is 0.754. The second-order valence-electron chi connectivity index (χ2n) is 1.36. The molecule has 0 bridgehead atoms. The van der Waals surface area contributed by atoms with E-state index >= 15 is 0 Å². The van der Waals surface area contributed by atoms with Gasteiger partial charge in [0.25, 0.3) is 0 Å². The molecule has 0 radical (unpaired) electrons. The molecule has 1 atom stereocenters. The Morgan fingerprint density at radius 3 is 2.57 bits per heavy atom. The minimum atomic E-state index is 0.126. The van der Waals surface area contributed by atoms with Gasteiger partial charge in [-0.3, -0.25) is 0 Å². The van der Waals surface area contributed by atoms with Crippen LogP contribution in [0.2, 0.25) is 0 Å². The summed E-state index contributed by atoms with van der Waals surface area (Å²) in [5.74, 6) is 0. The lowest BCUT2D eigenvalue weighted by atomic mass is 10.6. The topological polar surface area (TPSA) is 18.5 Å². The zero-order valence-corrected chi connectivity index (χ0v) is 5.48. The van der Waals surface area contributed by atoms with Gasteiger partial charge < -0.3 is 9.47 Å². The van der Waals surface area contributed by atoms with E-state index in [9.17, 15) is 0 Å². The second-order valence-corrected chi connectivity index (χ2v) is 2.38. The normalized spacial score (nSPS) is 33.0. The molecular formula is C4H7BrO2. The summed E-state index contributed by atoms with van der Waals surface area (Å²) >= 11 is 3.24. The van der Waals surface area contributed by atoms with Crippen LogP contribution < -0.4 is 0 Å². The number of hydrogen-bond donors (Lipinski definition) is 0. The first-order valence-corrected chi connectivity index (χ1v) is 3.14. The van der Waals surface area contributed by atoms with E-state index in [-0.39, 0.29) is 5.01 Å². The monoisotopic (exact) mass is 166 g/mol. The third-order valence-electron chi connectivity index (χ3n) is 0.775. The predicted molar refractivity (Wildman–Crippen MR) is 29.5 cm³/mol. The Balaban J connectivity index is 2.12. The fourth-order valence-electron chi connectivity index (χ4n) is 0.459. The summed E-state index contributed by atoms with van der Waals surface area (Å²) in [6.07, 6.45) is 0. The zero-order valence-electron chi connectivity index (χ0n) is 3.89. The summed E-state index contributed by atoms with van der Waals surface area (Å²) in [6, 6.07) is 0. The molecular weight excluding hydrogens is 160 g/mol. The molecule has 1 fully saturated rings. The maximum Gasteiger partial charge on any atom is 0.135 e. The van der Waals surface area contributed by atoms with Gasteiger partial charge in [-0.2, -0.15) is 0 Å². The number of alkyl halides is 1. The molecule has 2 nitrogen and oxygen atoms in total. The molecule has 1 heterocycles. The van der Waals surface area contributed by atoms with Crippen molar-refractivity contribution in [3.8, 4) is 0 Å². The Bertz CT molecular complexity index is 51.7. The summed E-state index contributed by atoms with van der Waals surface area (Å²) in [5.41, 5.74) is 0. The van der Waals surface area contributed by atoms with Crippen LogP contribution in [0.25, 0.3) is 0 Å². The molecule has 0 spiro atoms. The molecule has 1 saturated heterocycles. The van der Waals surface area contributed by atoms with E-state index in [0.717, 1.165) is 13.2 Å². The van der Waals surface area contributed by atoms with Gasteiger partial charge in [-0.05, 0) is 0 Å². The molecule has 1 aliphatic heterocycles. The van der Waals surface area contributed by atoms with Crippen LogP contribution in [0.5, 0.6) is 0 Å². The highest BCUT2D eigenvalue weighted by molar-refractivity contribution is 9.09. The van der Waals surface area contributed by atoms with Crippen molar-refractivity contribution < 1.29 is 9.47 Å². The average molecular weight is 167 g/mol. The number of halogens is 1. The Kier molecular flexibility index (Phi) is 2.09. The second kappa shape index (κ2) is 2.64. The molecule has 3 heteroatoms. The minimum Gasteiger partial charge on any atom is -0.375 e. The smallest absolute Gasteiger partial charge is 0.135 e. The summed E-state index contributed by atoms with van der Waals surface area (Å²) < 4.78 is 10.1. The Labute approximate surface area is 50.9 Å². The van der Waals surface area contributed by atoms with E-state index in [1.807, 2.05) is 0 Å². The van der Waals surface area contributed by atoms with Crippen LogP contribution in [-0.4, -0.2) is 24.8 Å². The number of ether oxygens (including phenoxy) is 2. The van der Waals surface area contributed by atoms with Crippen molar-refractivity contribution in [1.29, 1.82) is 0 Å². The van der Waals surface area contributed by atoms with Crippen LogP contribution in [0.1, 0.15) is 0 Å². The number of hydrogen-bond acceptors (Lipinski definition) is 2. The molecule has 1 rings (SSSR count). The first kappa shape index (κ1) is 5.54. The quantitative estimate of drug-likeness (QED) is 0.495. The fraction of sp³-hybridized carbons (Fsp3) is 1.00. The van der Waals surface area contributed by atoms with Crippen molar-refractivity contribution in [2.24, 2.45) is 0 Å². The molecule has 0 amide bonds. The van der Waals surface area contributed by atoms with Crippen LogP contribution >= 0.6 is 15.9 Å². The van der Waals surface area contributed by atoms with Crippen LogP contribution in [0.15, 0.2) is 0 Å². The van der Waals surface area contributed by atoms with Gasteiger partial charge in [-0.25, -0.2) is 0 Å². The van der Waals surface area contributed by atoms with Crippen molar-refractivity contribution in [1.82, 2.24) is 0 Å². The van der Waals surface area contributed by atoms with Gasteiger partial charge in [-0.1, -0.05) is 15.9 Å². The summed E-state index contributed by atoms with van der Waals surface area (Å²) in [7, 11) is 0. The van der Waals surface area contributed by atoms with Gasteiger partial charge in [0.15, 0.2) is 0 Å². The Morgan fingerprint density at radius 1 is 1.43 bits per heavy atom. The third-order valence-corrected chi connectivity index (χ3v) is 1.30. The van der Waals surface area contributed by atoms with Crippen molar-refractivity contribution in [3.63, 3.8) is 0 Å². The maximum absolute atomic E-state index is 5.07. The van der Waals surface area contributed by atoms with Crippen molar-refractivity contribution in [2.45, 2.75) is 5.01 Å². The molecule has 0 saturated carbocycles. The highest BCUT2D eigenvalue weighted by atomic mass is 79.9. The van der Waals surface area contributed by atoms with E-state index in [1.54, 1.807) is 0 Å². The molecule has 0 N–H and O–H groups in total. The first-order chi connectivity index (χ1) is 3.39. The fourth-order valence-corrected chi connectivity index (χ4v) is 0.833. The van der Waals surface area contributed by atoms with Gasteiger partial charge in [0, 0.05) is 0 Å². The molecule has 0 aliphatic carbocycles. The van der Waals surface area contributed by atoms with Crippen molar-refractivity contribution >= 4 is 15.9 Å². The van der Waals surface area contributed by atoms with E-state index < -0.39 is 0 Å². The van der Waals surface area contributed by atoms with Crippen LogP contribution in [0.4, 0.5) is 0 Å². The van der Waals surface area contributed by atoms with Gasteiger partial charge >= 0.3 is 0 Å². The van der Waals surface area contributed by atoms with Crippen LogP contribution in [-0.2, 0) is 9.47 Å². The molecule has 42 valence electrons. The minimum absolute atomic E-state index is 0.126. The summed E-state index contributed by atoms with van der Waals surface area (Å²) in [5, 5.41) is 0.126. The van der Waals surface area contributed by atoms with Gasteiger partial charge in [0.2, 0.25) is 0 Å². The Morgan fingerprint density at radius 2 is 2.29 bits per heavy atom. The lowest BCUT2D eigenvalue weighted by Crippen LogP contribution is -2.23. The third kappa shape index (κ3) is 1.76. The molecule has 0 aromatic heterocycles. The van der Waals surface area contributed by atoms with Crippen LogP contribution in [0, 0.1) is 0 Å². The van der Waals surface area contributed by atoms with Crippen LogP contribution in [0.3, 0.4) is 0 Å². The molecule has 0 aromatic rings. The lowest BCUT2D eigenvalue weighted by molar-refractivity contribution is -0.0469. The largest absolute Gasteiger partial charge is 0.375 e. The van der Waals surface area contributed by atoms with Gasteiger partial charge in [-0.15, -0.1) is 0 Å². The van der Waals surface area contributed by atoms with Gasteiger partial charge in [0.05, 0.1) is 19.8 Å². The van der Waals surface area contributed by atoms with Gasteiger partial charge in [0.1, 0.15) is 5.01 Å². The van der Waals surface area contributed by atoms with E-state index in [4.69, 9.17) is 9.47 Å². The lowest BCUT2D eigenvalue weighted by Gasteiger charge is -2.16. The summed E-state index contributed by atoms with van der Waals surface area (Å²) in [4.78, 5) is 0. The number of rotatable bonds is 0. The highest BCUT2D eigenvalue weighted by Crippen LogP contribution is 2.05. The molecule has 0 unspecified atom stereocenters. The molecule has 1 aliphatic rings. The SMILES string of the molecule is Br[C@@H]1COCCO1.